The third kappa shape index (κ3) is 7.29. The van der Waals surface area contributed by atoms with Gasteiger partial charge < -0.3 is 15.6 Å². The molecule has 2 N–H and O–H groups in total. The Morgan fingerprint density at radius 1 is 1.24 bits per heavy atom. The predicted molar refractivity (Wildman–Crippen MR) is 133 cm³/mol. The largest absolute Gasteiger partial charge is 0.806 e. The monoisotopic (exact) mass is 469 g/mol. The number of allylic oxidation sites excluding steroid dienone is 2. The topological polar surface area (TPSA) is 94.2 Å². The summed E-state index contributed by atoms with van der Waals surface area (Å²) in [5, 5.41) is 17.2. The second-order valence-corrected chi connectivity index (χ2v) is 7.99. The Morgan fingerprint density at radius 3 is 2.52 bits per heavy atom. The number of amides is 1. The lowest BCUT2D eigenvalue weighted by Crippen LogP contribution is -2.35. The summed E-state index contributed by atoms with van der Waals surface area (Å²) < 4.78 is 0. The first kappa shape index (κ1) is 26.3. The van der Waals surface area contributed by atoms with Crippen LogP contribution in [-0.4, -0.2) is 50.0 Å². The fourth-order valence-electron chi connectivity index (χ4n) is 3.37. The minimum Gasteiger partial charge on any atom is -0.806 e. The van der Waals surface area contributed by atoms with Gasteiger partial charge >= 0.3 is 0 Å². The molecule has 176 valence electrons. The van der Waals surface area contributed by atoms with E-state index in [2.05, 4.69) is 34.7 Å². The van der Waals surface area contributed by atoms with E-state index in [1.54, 1.807) is 26.1 Å². The Hall–Kier alpha value is -2.92. The summed E-state index contributed by atoms with van der Waals surface area (Å²) in [6.45, 7) is 6.13. The molecule has 1 aliphatic rings. The van der Waals surface area contributed by atoms with Crippen molar-refractivity contribution >= 4 is 28.9 Å². The molecule has 1 atom stereocenters. The average Bonchev–Trinajstić information content (AvgIpc) is 2.82. The van der Waals surface area contributed by atoms with Crippen molar-refractivity contribution in [3.05, 3.63) is 63.1 Å². The van der Waals surface area contributed by atoms with Crippen LogP contribution >= 0.6 is 11.6 Å². The number of rotatable bonds is 9. The molecule has 0 heterocycles. The van der Waals surface area contributed by atoms with Gasteiger partial charge in [0.25, 0.3) is 5.91 Å². The van der Waals surface area contributed by atoms with Crippen molar-refractivity contribution in [3.63, 3.8) is 0 Å². The molecule has 0 bridgehead atoms. The van der Waals surface area contributed by atoms with Crippen LogP contribution in [0.15, 0.2) is 51.7 Å². The summed E-state index contributed by atoms with van der Waals surface area (Å²) >= 11 is 5.58. The van der Waals surface area contributed by atoms with Crippen LogP contribution in [-0.2, 0) is 14.5 Å². The molecule has 1 aromatic rings. The quantitative estimate of drug-likeness (QED) is 0.189. The molecule has 0 radical (unpaired) electrons. The van der Waals surface area contributed by atoms with E-state index in [1.807, 2.05) is 19.1 Å². The summed E-state index contributed by atoms with van der Waals surface area (Å²) in [4.78, 5) is 23.0. The number of halogens is 1. The molecule has 1 unspecified atom stereocenters. The van der Waals surface area contributed by atoms with Gasteiger partial charge in [-0.1, -0.05) is 40.3 Å². The third-order valence-electron chi connectivity index (χ3n) is 5.38. The van der Waals surface area contributed by atoms with Crippen molar-refractivity contribution in [3.8, 4) is 11.8 Å². The van der Waals surface area contributed by atoms with E-state index >= 15 is 0 Å². The van der Waals surface area contributed by atoms with Crippen LogP contribution in [0.3, 0.4) is 0 Å². The van der Waals surface area contributed by atoms with Crippen LogP contribution in [0.5, 0.6) is 0 Å². The molecular formula is C25H30ClN4O3-. The zero-order valence-electron chi connectivity index (χ0n) is 19.7. The van der Waals surface area contributed by atoms with Gasteiger partial charge in [0.05, 0.1) is 12.5 Å². The maximum absolute atomic E-state index is 12.4. The second-order valence-electron chi connectivity index (χ2n) is 7.72. The van der Waals surface area contributed by atoms with Crippen molar-refractivity contribution in [2.24, 2.45) is 5.16 Å². The Labute approximate surface area is 200 Å². The average molecular weight is 470 g/mol. The number of carbonyl (C=O) groups excluding carboxylic acids is 1. The maximum Gasteiger partial charge on any atom is 0.273 e. The van der Waals surface area contributed by atoms with Gasteiger partial charge in [0, 0.05) is 18.7 Å². The number of carbonyl (C=O) groups is 1. The van der Waals surface area contributed by atoms with Gasteiger partial charge in [-0.3, -0.25) is 9.63 Å². The smallest absolute Gasteiger partial charge is 0.273 e. The Morgan fingerprint density at radius 2 is 1.91 bits per heavy atom. The Balaban J connectivity index is 2.09. The number of nitrogens with one attached hydrogen (secondary N) is 2. The fraction of sp³-hybridized carbons (Fsp3) is 0.400. The van der Waals surface area contributed by atoms with Crippen LogP contribution in [0.2, 0.25) is 0 Å². The van der Waals surface area contributed by atoms with E-state index in [9.17, 15) is 10.2 Å². The molecule has 0 saturated carbocycles. The van der Waals surface area contributed by atoms with E-state index in [0.717, 1.165) is 16.7 Å². The van der Waals surface area contributed by atoms with Gasteiger partial charge in [-0.15, -0.1) is 11.6 Å². The standard InChI is InChI=1S/C25H30ClN4O3/c1-16-13-21(22(14-17(16)2)24(30-32-5)25(31)28-4)15-33-29-18(3)23(27)20-10-8-19(9-11-20)7-6-12-26/h8-11,18,29H,12-15H2,1-5H3,(H,28,31)/q-1/b30-24+. The summed E-state index contributed by atoms with van der Waals surface area (Å²) in [6.07, 6.45) is 1.25. The summed E-state index contributed by atoms with van der Waals surface area (Å²) in [5.41, 5.74) is 8.89. The molecule has 1 aromatic carbocycles. The van der Waals surface area contributed by atoms with E-state index in [4.69, 9.17) is 21.3 Å². The molecule has 0 aromatic heterocycles. The molecule has 8 heteroatoms. The van der Waals surface area contributed by atoms with Crippen molar-refractivity contribution < 1.29 is 14.5 Å². The van der Waals surface area contributed by atoms with Gasteiger partial charge in [-0.05, 0) is 62.5 Å². The molecule has 1 amide bonds. The first-order valence-corrected chi connectivity index (χ1v) is 11.1. The highest BCUT2D eigenvalue weighted by Gasteiger charge is 2.25. The van der Waals surface area contributed by atoms with Crippen LogP contribution in [0.4, 0.5) is 0 Å². The second kappa shape index (κ2) is 12.9. The minimum atomic E-state index is -0.457. The molecule has 2 rings (SSSR count). The van der Waals surface area contributed by atoms with Gasteiger partial charge in [0.1, 0.15) is 7.11 Å². The Kier molecular flexibility index (Phi) is 10.3. The molecule has 1 aliphatic carbocycles. The van der Waals surface area contributed by atoms with Gasteiger partial charge in [0.2, 0.25) is 0 Å². The lowest BCUT2D eigenvalue weighted by atomic mass is 9.85. The highest BCUT2D eigenvalue weighted by molar-refractivity contribution is 6.45. The lowest BCUT2D eigenvalue weighted by molar-refractivity contribution is -0.114. The molecule has 33 heavy (non-hydrogen) atoms. The van der Waals surface area contributed by atoms with Crippen molar-refractivity contribution in [1.82, 2.24) is 10.8 Å². The van der Waals surface area contributed by atoms with Crippen LogP contribution in [0.25, 0.3) is 5.41 Å². The zero-order valence-corrected chi connectivity index (χ0v) is 20.5. The number of hydroxylamine groups is 1. The number of nitrogens with zero attached hydrogens (tertiary/aromatic N) is 2. The molecule has 7 nitrogen and oxygen atoms in total. The normalized spacial score (nSPS) is 15.0. The number of oxime groups is 1. The molecule has 0 aliphatic heterocycles. The van der Waals surface area contributed by atoms with E-state index in [-0.39, 0.29) is 29.8 Å². The van der Waals surface area contributed by atoms with Gasteiger partial charge in [-0.25, -0.2) is 0 Å². The third-order valence-corrected chi connectivity index (χ3v) is 5.52. The molecule has 0 fully saturated rings. The highest BCUT2D eigenvalue weighted by Crippen LogP contribution is 2.31. The van der Waals surface area contributed by atoms with Crippen LogP contribution in [0, 0.1) is 11.8 Å². The SMILES string of the molecule is CNC(=O)/C(=N/OC)C1=C(CONC(C)C(=[N-])c2ccc(C#CCCl)cc2)CC(C)=C(C)C1. The summed E-state index contributed by atoms with van der Waals surface area (Å²) in [5.74, 6) is 5.68. The summed E-state index contributed by atoms with van der Waals surface area (Å²) in [6, 6.07) is 6.78. The van der Waals surface area contributed by atoms with Gasteiger partial charge in [0.15, 0.2) is 5.71 Å². The summed E-state index contributed by atoms with van der Waals surface area (Å²) in [7, 11) is 2.97. The predicted octanol–water partition coefficient (Wildman–Crippen LogP) is 3.72. The number of benzene rings is 1. The number of hydrogen-bond donors (Lipinski definition) is 2. The van der Waals surface area contributed by atoms with Crippen molar-refractivity contribution in [1.29, 1.82) is 0 Å². The molecule has 0 saturated heterocycles. The minimum absolute atomic E-state index is 0.142. The fourth-order valence-corrected chi connectivity index (χ4v) is 3.44. The number of hydrogen-bond acceptors (Lipinski definition) is 5. The first-order valence-electron chi connectivity index (χ1n) is 10.6. The maximum atomic E-state index is 12.4. The van der Waals surface area contributed by atoms with Crippen molar-refractivity contribution in [2.75, 3.05) is 26.6 Å². The highest BCUT2D eigenvalue weighted by atomic mass is 35.5. The van der Waals surface area contributed by atoms with E-state index in [1.165, 1.54) is 18.3 Å². The molecular weight excluding hydrogens is 440 g/mol. The lowest BCUT2D eigenvalue weighted by Gasteiger charge is -2.26. The van der Waals surface area contributed by atoms with Crippen LogP contribution in [0.1, 0.15) is 44.7 Å². The molecule has 0 spiro atoms. The van der Waals surface area contributed by atoms with Crippen molar-refractivity contribution in [2.45, 2.75) is 39.7 Å². The Bertz CT molecular complexity index is 1030. The van der Waals surface area contributed by atoms with E-state index < -0.39 is 6.04 Å². The van der Waals surface area contributed by atoms with Gasteiger partial charge in [-0.2, -0.15) is 11.2 Å². The number of alkyl halides is 1. The van der Waals surface area contributed by atoms with E-state index in [0.29, 0.717) is 18.4 Å². The van der Waals surface area contributed by atoms with Crippen LogP contribution < -0.4 is 10.8 Å². The first-order chi connectivity index (χ1) is 15.8. The zero-order chi connectivity index (χ0) is 24.4.